The van der Waals surface area contributed by atoms with Crippen molar-refractivity contribution in [2.24, 2.45) is 5.73 Å². The lowest BCUT2D eigenvalue weighted by atomic mass is 10.0. The van der Waals surface area contributed by atoms with Crippen LogP contribution in [0.25, 0.3) is 0 Å². The maximum absolute atomic E-state index is 13.0. The quantitative estimate of drug-likeness (QED) is 0.833. The number of benzene rings is 2. The van der Waals surface area contributed by atoms with Gasteiger partial charge in [0, 0.05) is 31.7 Å². The van der Waals surface area contributed by atoms with E-state index in [1.807, 2.05) is 42.5 Å². The summed E-state index contributed by atoms with van der Waals surface area (Å²) in [6.07, 6.45) is 2.27. The van der Waals surface area contributed by atoms with Crippen LogP contribution in [-0.2, 0) is 22.6 Å². The number of carbonyl (C=O) groups excluding carboxylic acids is 2. The Morgan fingerprint density at radius 1 is 1.04 bits per heavy atom. The highest BCUT2D eigenvalue weighted by atomic mass is 16.2. The maximum Gasteiger partial charge on any atom is 0.242 e. The Morgan fingerprint density at radius 2 is 1.77 bits per heavy atom. The molecule has 0 fully saturated rings. The molecule has 1 aliphatic rings. The van der Waals surface area contributed by atoms with E-state index in [1.165, 1.54) is 5.56 Å². The van der Waals surface area contributed by atoms with Gasteiger partial charge in [0.2, 0.25) is 11.8 Å². The number of carbonyl (C=O) groups is 2. The number of nitrogens with zero attached hydrogens (tertiary/aromatic N) is 2. The number of amides is 2. The zero-order chi connectivity index (χ0) is 18.4. The molecule has 0 saturated carbocycles. The number of hydrogen-bond acceptors (Lipinski definition) is 3. The van der Waals surface area contributed by atoms with Gasteiger partial charge in [-0.25, -0.2) is 0 Å². The zero-order valence-corrected chi connectivity index (χ0v) is 14.9. The molecule has 1 aliphatic heterocycles. The molecule has 0 spiro atoms. The fraction of sp³-hybridized carbons (Fsp3) is 0.333. The van der Waals surface area contributed by atoms with Crippen LogP contribution in [0, 0.1) is 0 Å². The van der Waals surface area contributed by atoms with Gasteiger partial charge in [0.1, 0.15) is 0 Å². The van der Waals surface area contributed by atoms with Crippen LogP contribution in [0.15, 0.2) is 54.6 Å². The van der Waals surface area contributed by atoms with Crippen LogP contribution in [-0.4, -0.2) is 36.3 Å². The molecule has 2 aromatic carbocycles. The normalized spacial score (nSPS) is 13.2. The predicted octanol–water partition coefficient (Wildman–Crippen LogP) is 2.34. The summed E-state index contributed by atoms with van der Waals surface area (Å²) in [4.78, 5) is 28.1. The molecule has 0 saturated heterocycles. The number of fused-ring (bicyclic) bond motifs is 1. The van der Waals surface area contributed by atoms with Gasteiger partial charge in [-0.3, -0.25) is 9.59 Å². The lowest BCUT2D eigenvalue weighted by molar-refractivity contribution is -0.130. The monoisotopic (exact) mass is 351 g/mol. The number of aryl methyl sites for hydroxylation is 1. The first-order valence-corrected chi connectivity index (χ1v) is 9.06. The highest BCUT2D eigenvalue weighted by Crippen LogP contribution is 2.26. The molecule has 2 N–H and O–H groups in total. The van der Waals surface area contributed by atoms with E-state index in [1.54, 1.807) is 4.90 Å². The fourth-order valence-corrected chi connectivity index (χ4v) is 3.38. The van der Waals surface area contributed by atoms with Crippen LogP contribution in [0.1, 0.15) is 24.0 Å². The summed E-state index contributed by atoms with van der Waals surface area (Å²) in [5, 5.41) is 0. The fourth-order valence-electron chi connectivity index (χ4n) is 3.38. The van der Waals surface area contributed by atoms with E-state index in [-0.39, 0.29) is 18.2 Å². The van der Waals surface area contributed by atoms with Crippen LogP contribution in [0.4, 0.5) is 5.69 Å². The molecular weight excluding hydrogens is 326 g/mol. The van der Waals surface area contributed by atoms with E-state index in [4.69, 9.17) is 5.73 Å². The van der Waals surface area contributed by atoms with Crippen molar-refractivity contribution in [1.82, 2.24) is 4.90 Å². The van der Waals surface area contributed by atoms with Gasteiger partial charge >= 0.3 is 0 Å². The van der Waals surface area contributed by atoms with Crippen molar-refractivity contribution >= 4 is 17.5 Å². The van der Waals surface area contributed by atoms with Crippen LogP contribution in [0.5, 0.6) is 0 Å². The lowest BCUT2D eigenvalue weighted by Gasteiger charge is -2.33. The van der Waals surface area contributed by atoms with Crippen LogP contribution < -0.4 is 10.6 Å². The van der Waals surface area contributed by atoms with Gasteiger partial charge in [-0.15, -0.1) is 0 Å². The summed E-state index contributed by atoms with van der Waals surface area (Å²) in [6.45, 7) is 2.03. The van der Waals surface area contributed by atoms with E-state index in [2.05, 4.69) is 17.0 Å². The molecule has 0 aliphatic carbocycles. The summed E-state index contributed by atoms with van der Waals surface area (Å²) in [7, 11) is 0. The Kier molecular flexibility index (Phi) is 5.89. The van der Waals surface area contributed by atoms with Gasteiger partial charge < -0.3 is 15.5 Å². The maximum atomic E-state index is 13.0. The molecule has 26 heavy (non-hydrogen) atoms. The van der Waals surface area contributed by atoms with Crippen molar-refractivity contribution in [2.45, 2.75) is 25.8 Å². The minimum atomic E-state index is -0.390. The van der Waals surface area contributed by atoms with Crippen molar-refractivity contribution < 1.29 is 9.59 Å². The average Bonchev–Trinajstić information content (AvgIpc) is 2.66. The van der Waals surface area contributed by atoms with Crippen LogP contribution in [0.2, 0.25) is 0 Å². The van der Waals surface area contributed by atoms with Crippen molar-refractivity contribution in [3.05, 3.63) is 65.7 Å². The molecule has 0 aromatic heterocycles. The number of nitrogens with two attached hydrogens (primary N) is 1. The molecule has 0 unspecified atom stereocenters. The van der Waals surface area contributed by atoms with Crippen LogP contribution in [0.3, 0.4) is 0 Å². The molecule has 2 aromatic rings. The SMILES string of the molecule is NC(=O)CCN(Cc1ccccc1)C(=O)CN1CCCc2ccccc21. The van der Waals surface area contributed by atoms with Crippen molar-refractivity contribution in [3.63, 3.8) is 0 Å². The van der Waals surface area contributed by atoms with E-state index in [0.29, 0.717) is 19.6 Å². The van der Waals surface area contributed by atoms with Gasteiger partial charge in [0.05, 0.1) is 6.54 Å². The average molecular weight is 351 g/mol. The second-order valence-corrected chi connectivity index (χ2v) is 6.67. The summed E-state index contributed by atoms with van der Waals surface area (Å²) in [5.41, 5.74) is 8.77. The molecule has 136 valence electrons. The molecule has 0 bridgehead atoms. The molecule has 5 nitrogen and oxygen atoms in total. The van der Waals surface area contributed by atoms with Gasteiger partial charge in [0.15, 0.2) is 0 Å². The van der Waals surface area contributed by atoms with E-state index in [9.17, 15) is 9.59 Å². The molecular formula is C21H25N3O2. The third-order valence-electron chi connectivity index (χ3n) is 4.73. The number of primary amides is 1. The Hall–Kier alpha value is -2.82. The molecule has 5 heteroatoms. The van der Waals surface area contributed by atoms with Crippen LogP contribution >= 0.6 is 0 Å². The Bertz CT molecular complexity index is 761. The summed E-state index contributed by atoms with van der Waals surface area (Å²) < 4.78 is 0. The predicted molar refractivity (Wildman–Crippen MR) is 103 cm³/mol. The van der Waals surface area contributed by atoms with Gasteiger partial charge in [-0.05, 0) is 30.0 Å². The highest BCUT2D eigenvalue weighted by Gasteiger charge is 2.22. The Labute approximate surface area is 154 Å². The summed E-state index contributed by atoms with van der Waals surface area (Å²) in [6, 6.07) is 18.1. The molecule has 2 amide bonds. The first-order valence-electron chi connectivity index (χ1n) is 9.06. The standard InChI is InChI=1S/C21H25N3O2/c22-20(25)12-14-24(15-17-7-2-1-3-8-17)21(26)16-23-13-6-10-18-9-4-5-11-19(18)23/h1-5,7-9,11H,6,10,12-16H2,(H2,22,25). The second kappa shape index (κ2) is 8.52. The first kappa shape index (κ1) is 18.0. The molecule has 0 radical (unpaired) electrons. The minimum Gasteiger partial charge on any atom is -0.370 e. The van der Waals surface area contributed by atoms with E-state index in [0.717, 1.165) is 30.6 Å². The second-order valence-electron chi connectivity index (χ2n) is 6.67. The van der Waals surface area contributed by atoms with Gasteiger partial charge in [0.25, 0.3) is 0 Å². The third-order valence-corrected chi connectivity index (χ3v) is 4.73. The number of hydrogen-bond donors (Lipinski definition) is 1. The van der Waals surface area contributed by atoms with Crippen molar-refractivity contribution in [1.29, 1.82) is 0 Å². The van der Waals surface area contributed by atoms with Gasteiger partial charge in [-0.2, -0.15) is 0 Å². The minimum absolute atomic E-state index is 0.0202. The summed E-state index contributed by atoms with van der Waals surface area (Å²) >= 11 is 0. The van der Waals surface area contributed by atoms with Gasteiger partial charge in [-0.1, -0.05) is 48.5 Å². The lowest BCUT2D eigenvalue weighted by Crippen LogP contribution is -2.43. The smallest absolute Gasteiger partial charge is 0.242 e. The molecule has 1 heterocycles. The number of anilines is 1. The largest absolute Gasteiger partial charge is 0.370 e. The molecule has 3 rings (SSSR count). The highest BCUT2D eigenvalue weighted by molar-refractivity contribution is 5.83. The topological polar surface area (TPSA) is 66.6 Å². The summed E-state index contributed by atoms with van der Waals surface area (Å²) in [5.74, 6) is -0.369. The van der Waals surface area contributed by atoms with E-state index >= 15 is 0 Å². The molecule has 0 atom stereocenters. The van der Waals surface area contributed by atoms with E-state index < -0.39 is 0 Å². The zero-order valence-electron chi connectivity index (χ0n) is 14.9. The van der Waals surface area contributed by atoms with Crippen molar-refractivity contribution in [2.75, 3.05) is 24.5 Å². The number of rotatable bonds is 7. The van der Waals surface area contributed by atoms with Crippen molar-refractivity contribution in [3.8, 4) is 0 Å². The number of para-hydroxylation sites is 1. The Morgan fingerprint density at radius 3 is 2.54 bits per heavy atom. The third kappa shape index (κ3) is 4.63. The Balaban J connectivity index is 1.72. The first-order chi connectivity index (χ1) is 12.6.